The summed E-state index contributed by atoms with van der Waals surface area (Å²) in [5, 5.41) is 7.10. The molecule has 2 heterocycles. The molecule has 0 radical (unpaired) electrons. The second-order valence-corrected chi connectivity index (χ2v) is 15.9. The molecule has 0 saturated carbocycles. The van der Waals surface area contributed by atoms with Gasteiger partial charge in [-0.25, -0.2) is 0 Å². The smallest absolute Gasteiger partial charge is 0.143 e. The maximum atomic E-state index is 6.57. The molecular weight excluding hydrogens is 743 g/mol. The Morgan fingerprint density at radius 1 is 0.377 bits per heavy atom. The van der Waals surface area contributed by atoms with Crippen LogP contribution in [-0.2, 0) is 0 Å². The molecule has 288 valence electrons. The Labute approximate surface area is 353 Å². The van der Waals surface area contributed by atoms with Crippen LogP contribution in [0.2, 0.25) is 0 Å². The van der Waals surface area contributed by atoms with E-state index in [9.17, 15) is 0 Å². The minimum Gasteiger partial charge on any atom is -0.456 e. The highest BCUT2D eigenvalue weighted by molar-refractivity contribution is 6.10. The third-order valence-corrected chi connectivity index (χ3v) is 12.3. The minimum absolute atomic E-state index is 0.886. The zero-order valence-corrected chi connectivity index (χ0v) is 33.4. The van der Waals surface area contributed by atoms with E-state index in [1.165, 1.54) is 32.7 Å². The minimum atomic E-state index is 0.886. The van der Waals surface area contributed by atoms with Crippen LogP contribution < -0.4 is 15.3 Å². The molecule has 0 amide bonds. The molecular formula is C58H39NO2. The summed E-state index contributed by atoms with van der Waals surface area (Å²) >= 11 is 0. The van der Waals surface area contributed by atoms with Crippen LogP contribution in [0, 0.1) is 0 Å². The van der Waals surface area contributed by atoms with Gasteiger partial charge in [0.2, 0.25) is 0 Å². The number of nitrogens with zero attached hydrogens (tertiary/aromatic N) is 1. The molecule has 0 N–H and O–H groups in total. The molecule has 1 aliphatic carbocycles. The summed E-state index contributed by atoms with van der Waals surface area (Å²) in [5.74, 6) is 0. The van der Waals surface area contributed by atoms with Gasteiger partial charge in [0.05, 0.1) is 5.69 Å². The van der Waals surface area contributed by atoms with E-state index in [1.54, 1.807) is 0 Å². The van der Waals surface area contributed by atoms with Gasteiger partial charge in [-0.15, -0.1) is 0 Å². The van der Waals surface area contributed by atoms with Crippen molar-refractivity contribution < 1.29 is 8.83 Å². The number of rotatable bonds is 7. The zero-order valence-electron chi connectivity index (χ0n) is 33.4. The summed E-state index contributed by atoms with van der Waals surface area (Å²) in [6.07, 6.45) is 4.31. The number of hydrogen-bond donors (Lipinski definition) is 0. The highest BCUT2D eigenvalue weighted by atomic mass is 16.3. The van der Waals surface area contributed by atoms with Crippen LogP contribution in [-0.4, -0.2) is 0 Å². The predicted molar refractivity (Wildman–Crippen MR) is 254 cm³/mol. The van der Waals surface area contributed by atoms with E-state index in [0.717, 1.165) is 96.0 Å². The van der Waals surface area contributed by atoms with Crippen LogP contribution >= 0.6 is 0 Å². The van der Waals surface area contributed by atoms with Gasteiger partial charge in [-0.05, 0) is 111 Å². The predicted octanol–water partition coefficient (Wildman–Crippen LogP) is 14.7. The molecule has 1 aliphatic rings. The number of fused-ring (bicyclic) bond motifs is 7. The molecule has 2 aromatic heterocycles. The van der Waals surface area contributed by atoms with E-state index >= 15 is 0 Å². The second kappa shape index (κ2) is 14.4. The Hall–Kier alpha value is -7.88. The van der Waals surface area contributed by atoms with Crippen molar-refractivity contribution in [1.82, 2.24) is 0 Å². The van der Waals surface area contributed by atoms with Gasteiger partial charge in [-0.1, -0.05) is 158 Å². The Bertz CT molecular complexity index is 3610. The van der Waals surface area contributed by atoms with Crippen molar-refractivity contribution in [1.29, 1.82) is 0 Å². The maximum absolute atomic E-state index is 6.57. The van der Waals surface area contributed by atoms with Gasteiger partial charge in [0.15, 0.2) is 0 Å². The van der Waals surface area contributed by atoms with Crippen LogP contribution in [0.3, 0.4) is 0 Å². The van der Waals surface area contributed by atoms with Crippen LogP contribution in [0.4, 0.5) is 17.1 Å². The van der Waals surface area contributed by atoms with Gasteiger partial charge in [0.1, 0.15) is 22.3 Å². The lowest BCUT2D eigenvalue weighted by molar-refractivity contribution is 0.669. The third kappa shape index (κ3) is 5.97. The lowest BCUT2D eigenvalue weighted by Crippen LogP contribution is -2.32. The average molecular weight is 782 g/mol. The third-order valence-electron chi connectivity index (χ3n) is 12.3. The quantitative estimate of drug-likeness (QED) is 0.161. The molecule has 0 bridgehead atoms. The highest BCUT2D eigenvalue weighted by Gasteiger charge is 2.22. The average Bonchev–Trinajstić information content (AvgIpc) is 3.90. The Morgan fingerprint density at radius 3 is 1.82 bits per heavy atom. The second-order valence-electron chi connectivity index (χ2n) is 15.9. The topological polar surface area (TPSA) is 29.5 Å². The fourth-order valence-corrected chi connectivity index (χ4v) is 9.57. The van der Waals surface area contributed by atoms with Crippen molar-refractivity contribution >= 4 is 72.6 Å². The zero-order chi connectivity index (χ0) is 40.3. The van der Waals surface area contributed by atoms with Crippen molar-refractivity contribution in [2.45, 2.75) is 12.8 Å². The van der Waals surface area contributed by atoms with Crippen molar-refractivity contribution in [2.24, 2.45) is 0 Å². The van der Waals surface area contributed by atoms with Crippen molar-refractivity contribution in [3.05, 3.63) is 222 Å². The van der Waals surface area contributed by atoms with Crippen LogP contribution in [0.5, 0.6) is 0 Å². The van der Waals surface area contributed by atoms with E-state index in [4.69, 9.17) is 8.83 Å². The van der Waals surface area contributed by atoms with E-state index < -0.39 is 0 Å². The van der Waals surface area contributed by atoms with Crippen LogP contribution in [0.15, 0.2) is 215 Å². The molecule has 9 aromatic carbocycles. The summed E-state index contributed by atoms with van der Waals surface area (Å²) < 4.78 is 12.9. The van der Waals surface area contributed by atoms with Crippen molar-refractivity contribution in [3.8, 4) is 33.4 Å². The first-order valence-corrected chi connectivity index (χ1v) is 21.0. The summed E-state index contributed by atoms with van der Waals surface area (Å²) in [7, 11) is 0. The Morgan fingerprint density at radius 2 is 0.967 bits per heavy atom. The first-order chi connectivity index (χ1) is 30.2. The molecule has 0 unspecified atom stereocenters. The first kappa shape index (κ1) is 35.1. The Kier molecular flexibility index (Phi) is 8.31. The molecule has 11 aromatic rings. The molecule has 3 heteroatoms. The molecule has 0 atom stereocenters. The number of furan rings is 2. The van der Waals surface area contributed by atoms with Crippen molar-refractivity contribution in [3.63, 3.8) is 0 Å². The molecule has 0 saturated heterocycles. The van der Waals surface area contributed by atoms with Crippen molar-refractivity contribution in [2.75, 3.05) is 4.90 Å². The maximum Gasteiger partial charge on any atom is 0.143 e. The largest absolute Gasteiger partial charge is 0.456 e. The normalized spacial score (nSPS) is 12.6. The van der Waals surface area contributed by atoms with E-state index in [1.807, 2.05) is 18.2 Å². The lowest BCUT2D eigenvalue weighted by Gasteiger charge is -2.30. The fraction of sp³-hybridized carbons (Fsp3) is 0.0345. The molecule has 12 rings (SSSR count). The van der Waals surface area contributed by atoms with Gasteiger partial charge in [0, 0.05) is 44.0 Å². The van der Waals surface area contributed by atoms with Gasteiger partial charge in [-0.2, -0.15) is 0 Å². The summed E-state index contributed by atoms with van der Waals surface area (Å²) in [6.45, 7) is 0. The number of benzene rings is 9. The standard InChI is InChI=1S/C58H39NO2/c1-2-15-38(16-3-1)45-26-12-17-39-18-13-28-51(57(39)45)47-23-4-7-30-53(47)59(43-21-10-19-40(35-43)41-33-34-50-48-24-5-8-31-54(48)60-56(50)37-41)44-22-11-20-42(36-44)46-27-14-29-52-49-25-6-9-32-55(49)61-58(46)52/h1-12,14-27,29-37H,13,28H2. The molecule has 61 heavy (non-hydrogen) atoms. The number of para-hydroxylation sites is 4. The number of anilines is 3. The molecule has 3 nitrogen and oxygen atoms in total. The Balaban J connectivity index is 1.08. The molecule has 0 aliphatic heterocycles. The van der Waals surface area contributed by atoms with E-state index in [2.05, 4.69) is 199 Å². The van der Waals surface area contributed by atoms with Crippen LogP contribution in [0.25, 0.3) is 88.9 Å². The molecule has 0 fully saturated rings. The SMILES string of the molecule is C1=c2cccc(-c3ccccc3)c2=C(c2ccccc2N(c2cccc(-c3ccc4c(c3)oc3ccccc34)c2)c2cccc(-c3cccc4c3oc3ccccc34)c2)CC1. The van der Waals surface area contributed by atoms with Gasteiger partial charge >= 0.3 is 0 Å². The van der Waals surface area contributed by atoms with E-state index in [-0.39, 0.29) is 0 Å². The first-order valence-electron chi connectivity index (χ1n) is 21.0. The summed E-state index contributed by atoms with van der Waals surface area (Å²) in [4.78, 5) is 2.44. The summed E-state index contributed by atoms with van der Waals surface area (Å²) in [6, 6.07) is 74.0. The highest BCUT2D eigenvalue weighted by Crippen LogP contribution is 2.44. The van der Waals surface area contributed by atoms with Gasteiger partial charge in [0.25, 0.3) is 0 Å². The van der Waals surface area contributed by atoms with Crippen LogP contribution in [0.1, 0.15) is 18.4 Å². The van der Waals surface area contributed by atoms with Gasteiger partial charge < -0.3 is 13.7 Å². The monoisotopic (exact) mass is 781 g/mol. The van der Waals surface area contributed by atoms with E-state index in [0.29, 0.717) is 0 Å². The summed E-state index contributed by atoms with van der Waals surface area (Å²) in [5.41, 5.74) is 16.3. The molecule has 0 spiro atoms. The number of hydrogen-bond acceptors (Lipinski definition) is 3. The lowest BCUT2D eigenvalue weighted by atomic mass is 9.88. The van der Waals surface area contributed by atoms with Gasteiger partial charge in [-0.3, -0.25) is 0 Å². The fourth-order valence-electron chi connectivity index (χ4n) is 9.57.